The summed E-state index contributed by atoms with van der Waals surface area (Å²) in [6.07, 6.45) is 0. The van der Waals surface area contributed by atoms with Gasteiger partial charge in [-0.05, 0) is 24.3 Å². The van der Waals surface area contributed by atoms with Crippen molar-refractivity contribution in [2.24, 2.45) is 0 Å². The predicted octanol–water partition coefficient (Wildman–Crippen LogP) is 2.01. The number of H-pyrrole nitrogens is 2. The van der Waals surface area contributed by atoms with Crippen LogP contribution < -0.4 is 11.1 Å². The molecule has 0 radical (unpaired) electrons. The third-order valence-electron chi connectivity index (χ3n) is 4.24. The normalized spacial score (nSPS) is 11.1. The van der Waals surface area contributed by atoms with Gasteiger partial charge >= 0.3 is 0 Å². The second-order valence-electron chi connectivity index (χ2n) is 5.78. The Hall–Kier alpha value is -3.87. The number of benzene rings is 2. The summed E-state index contributed by atoms with van der Waals surface area (Å²) in [5, 5.41) is 21.4. The predicted molar refractivity (Wildman–Crippen MR) is 95.9 cm³/mol. The average Bonchev–Trinajstić information content (AvgIpc) is 2.62. The molecule has 4 aromatic rings. The summed E-state index contributed by atoms with van der Waals surface area (Å²) in [6, 6.07) is 12.8. The molecular weight excluding hydrogens is 336 g/mol. The molecule has 2 aromatic carbocycles. The molecule has 0 unspecified atom stereocenters. The lowest BCUT2D eigenvalue weighted by atomic mass is 10.00. The Labute approximate surface area is 145 Å². The molecule has 7 nitrogen and oxygen atoms in total. The lowest BCUT2D eigenvalue weighted by Crippen LogP contribution is -2.25. The van der Waals surface area contributed by atoms with E-state index in [0.29, 0.717) is 11.0 Å². The smallest absolute Gasteiger partial charge is 0.263 e. The first-order chi connectivity index (χ1) is 12.5. The SMILES string of the molecule is O=C(c1c(O)c2ccccc2[nH]c1=O)c1c(O)c2ccccc2[nH]c1=O. The summed E-state index contributed by atoms with van der Waals surface area (Å²) in [4.78, 5) is 42.5. The summed E-state index contributed by atoms with van der Waals surface area (Å²) in [5.74, 6) is -2.14. The summed E-state index contributed by atoms with van der Waals surface area (Å²) in [6.45, 7) is 0. The minimum Gasteiger partial charge on any atom is -0.506 e. The van der Waals surface area contributed by atoms with Gasteiger partial charge < -0.3 is 20.2 Å². The zero-order valence-electron chi connectivity index (χ0n) is 13.2. The molecule has 4 rings (SSSR count). The van der Waals surface area contributed by atoms with Crippen molar-refractivity contribution in [2.45, 2.75) is 0 Å². The lowest BCUT2D eigenvalue weighted by molar-refractivity contribution is 0.103. The molecular formula is C19H12N2O5. The molecule has 0 saturated heterocycles. The van der Waals surface area contributed by atoms with Crippen molar-refractivity contribution in [3.8, 4) is 11.5 Å². The number of aromatic amines is 2. The summed E-state index contributed by atoms with van der Waals surface area (Å²) in [7, 11) is 0. The van der Waals surface area contributed by atoms with E-state index in [1.54, 1.807) is 36.4 Å². The third-order valence-corrected chi connectivity index (χ3v) is 4.24. The van der Waals surface area contributed by atoms with E-state index in [2.05, 4.69) is 9.97 Å². The first-order valence-corrected chi connectivity index (χ1v) is 7.71. The van der Waals surface area contributed by atoms with E-state index >= 15 is 0 Å². The molecule has 0 atom stereocenters. The van der Waals surface area contributed by atoms with Crippen LogP contribution in [0.25, 0.3) is 21.8 Å². The van der Waals surface area contributed by atoms with E-state index in [9.17, 15) is 24.6 Å². The van der Waals surface area contributed by atoms with Crippen molar-refractivity contribution in [3.05, 3.63) is 80.4 Å². The van der Waals surface area contributed by atoms with E-state index in [1.807, 2.05) is 0 Å². The number of pyridine rings is 2. The summed E-state index contributed by atoms with van der Waals surface area (Å²) < 4.78 is 0. The van der Waals surface area contributed by atoms with Gasteiger partial charge in [0.05, 0.1) is 11.0 Å². The largest absolute Gasteiger partial charge is 0.506 e. The van der Waals surface area contributed by atoms with E-state index in [0.717, 1.165) is 0 Å². The van der Waals surface area contributed by atoms with Gasteiger partial charge in [-0.3, -0.25) is 14.4 Å². The van der Waals surface area contributed by atoms with Crippen LogP contribution in [0.4, 0.5) is 0 Å². The number of hydrogen-bond acceptors (Lipinski definition) is 5. The summed E-state index contributed by atoms with van der Waals surface area (Å²) in [5.41, 5.74) is -2.19. The number of carbonyl (C=O) groups excluding carboxylic acids is 1. The molecule has 0 saturated carbocycles. The van der Waals surface area contributed by atoms with Gasteiger partial charge in [-0.15, -0.1) is 0 Å². The van der Waals surface area contributed by atoms with Crippen molar-refractivity contribution in [1.29, 1.82) is 0 Å². The average molecular weight is 348 g/mol. The zero-order chi connectivity index (χ0) is 18.4. The first kappa shape index (κ1) is 15.6. The monoisotopic (exact) mass is 348 g/mol. The fraction of sp³-hybridized carbons (Fsp3) is 0. The Bertz CT molecular complexity index is 1220. The fourth-order valence-corrected chi connectivity index (χ4v) is 3.00. The van der Waals surface area contributed by atoms with E-state index in [1.165, 1.54) is 12.1 Å². The van der Waals surface area contributed by atoms with Crippen LogP contribution in [0.3, 0.4) is 0 Å². The van der Waals surface area contributed by atoms with Crippen LogP contribution in [0, 0.1) is 0 Å². The molecule has 4 N–H and O–H groups in total. The number of ketones is 1. The number of fused-ring (bicyclic) bond motifs is 2. The number of nitrogens with one attached hydrogen (secondary N) is 2. The molecule has 0 aliphatic rings. The first-order valence-electron chi connectivity index (χ1n) is 7.71. The second kappa shape index (κ2) is 5.59. The van der Waals surface area contributed by atoms with Gasteiger partial charge in [0.1, 0.15) is 22.6 Å². The van der Waals surface area contributed by atoms with Crippen molar-refractivity contribution >= 4 is 27.6 Å². The molecule has 0 bridgehead atoms. The number of aromatic hydroxyl groups is 2. The van der Waals surface area contributed by atoms with E-state index < -0.39 is 39.5 Å². The lowest BCUT2D eigenvalue weighted by Gasteiger charge is -2.09. The van der Waals surface area contributed by atoms with Crippen LogP contribution in [-0.2, 0) is 0 Å². The van der Waals surface area contributed by atoms with Crippen LogP contribution in [0.1, 0.15) is 15.9 Å². The number of aromatic nitrogens is 2. The highest BCUT2D eigenvalue weighted by atomic mass is 16.3. The fourth-order valence-electron chi connectivity index (χ4n) is 3.00. The maximum absolute atomic E-state index is 12.9. The Morgan fingerprint density at radius 1 is 0.692 bits per heavy atom. The number of para-hydroxylation sites is 2. The van der Waals surface area contributed by atoms with Gasteiger partial charge in [0, 0.05) is 10.8 Å². The highest BCUT2D eigenvalue weighted by molar-refractivity contribution is 6.15. The highest BCUT2D eigenvalue weighted by Crippen LogP contribution is 2.30. The molecule has 0 aliphatic heterocycles. The minimum atomic E-state index is -1.06. The quantitative estimate of drug-likeness (QED) is 0.413. The van der Waals surface area contributed by atoms with Gasteiger partial charge in [-0.1, -0.05) is 24.3 Å². The molecule has 0 amide bonds. The topological polar surface area (TPSA) is 123 Å². The Kier molecular flexibility index (Phi) is 3.37. The van der Waals surface area contributed by atoms with Crippen LogP contribution in [0.15, 0.2) is 58.1 Å². The Morgan fingerprint density at radius 3 is 1.50 bits per heavy atom. The van der Waals surface area contributed by atoms with Gasteiger partial charge in [0.15, 0.2) is 0 Å². The third kappa shape index (κ3) is 2.18. The van der Waals surface area contributed by atoms with Gasteiger partial charge in [0.2, 0.25) is 5.78 Å². The molecule has 0 aliphatic carbocycles. The molecule has 0 spiro atoms. The number of carbonyl (C=O) groups is 1. The van der Waals surface area contributed by atoms with Crippen molar-refractivity contribution in [2.75, 3.05) is 0 Å². The van der Waals surface area contributed by atoms with Gasteiger partial charge in [-0.2, -0.15) is 0 Å². The van der Waals surface area contributed by atoms with Crippen LogP contribution in [-0.4, -0.2) is 26.0 Å². The molecule has 2 aromatic heterocycles. The van der Waals surface area contributed by atoms with E-state index in [4.69, 9.17) is 0 Å². The molecule has 128 valence electrons. The van der Waals surface area contributed by atoms with Crippen molar-refractivity contribution in [3.63, 3.8) is 0 Å². The maximum Gasteiger partial charge on any atom is 0.263 e. The highest BCUT2D eigenvalue weighted by Gasteiger charge is 2.26. The minimum absolute atomic E-state index is 0.257. The number of rotatable bonds is 2. The zero-order valence-corrected chi connectivity index (χ0v) is 13.2. The maximum atomic E-state index is 12.9. The number of hydrogen-bond donors (Lipinski definition) is 4. The molecule has 0 fully saturated rings. The summed E-state index contributed by atoms with van der Waals surface area (Å²) >= 11 is 0. The van der Waals surface area contributed by atoms with Crippen LogP contribution in [0.2, 0.25) is 0 Å². The molecule has 7 heteroatoms. The van der Waals surface area contributed by atoms with Gasteiger partial charge in [-0.25, -0.2) is 0 Å². The Morgan fingerprint density at radius 2 is 1.08 bits per heavy atom. The van der Waals surface area contributed by atoms with Gasteiger partial charge in [0.25, 0.3) is 11.1 Å². The standard InChI is InChI=1S/C19H12N2O5/c22-15-9-5-1-3-7-11(9)20-18(25)13(15)17(24)14-16(23)10-6-2-4-8-12(10)21-19(14)26/h1-8H,(H2,20,22,25)(H2,21,23,26). The van der Waals surface area contributed by atoms with Crippen LogP contribution >= 0.6 is 0 Å². The van der Waals surface area contributed by atoms with E-state index in [-0.39, 0.29) is 10.8 Å². The molecule has 2 heterocycles. The Balaban J connectivity index is 2.03. The molecule has 26 heavy (non-hydrogen) atoms. The van der Waals surface area contributed by atoms with Crippen molar-refractivity contribution < 1.29 is 15.0 Å². The van der Waals surface area contributed by atoms with Crippen molar-refractivity contribution in [1.82, 2.24) is 9.97 Å². The second-order valence-corrected chi connectivity index (χ2v) is 5.78. The van der Waals surface area contributed by atoms with Crippen LogP contribution in [0.5, 0.6) is 11.5 Å².